The fourth-order valence-electron chi connectivity index (χ4n) is 3.51. The molecule has 0 aromatic heterocycles. The van der Waals surface area contributed by atoms with Crippen LogP contribution in [-0.4, -0.2) is 24.5 Å². The first-order chi connectivity index (χ1) is 17.3. The summed E-state index contributed by atoms with van der Waals surface area (Å²) in [5.74, 6) is -1.58. The van der Waals surface area contributed by atoms with Crippen molar-refractivity contribution in [1.29, 1.82) is 0 Å². The minimum absolute atomic E-state index is 0.0851. The molecule has 10 heteroatoms. The Bertz CT molecular complexity index is 1380. The molecule has 7 nitrogen and oxygen atoms in total. The molecule has 0 bridgehead atoms. The van der Waals surface area contributed by atoms with Crippen LogP contribution in [0.2, 0.25) is 10.0 Å². The van der Waals surface area contributed by atoms with Crippen molar-refractivity contribution in [3.05, 3.63) is 93.2 Å². The van der Waals surface area contributed by atoms with Gasteiger partial charge >= 0.3 is 6.03 Å². The van der Waals surface area contributed by atoms with Gasteiger partial charge in [0.05, 0.1) is 17.3 Å². The van der Waals surface area contributed by atoms with Gasteiger partial charge in [-0.25, -0.2) is 14.1 Å². The van der Waals surface area contributed by atoms with Gasteiger partial charge in [0.25, 0.3) is 11.8 Å². The summed E-state index contributed by atoms with van der Waals surface area (Å²) in [7, 11) is 0. The number of barbiturate groups is 1. The molecule has 1 N–H and O–H groups in total. The molecule has 1 heterocycles. The molecule has 0 radical (unpaired) electrons. The molecule has 4 amide bonds. The van der Waals surface area contributed by atoms with Crippen molar-refractivity contribution in [3.8, 4) is 11.5 Å². The largest absolute Gasteiger partial charge is 0.494 e. The molecule has 0 saturated carbocycles. The predicted molar refractivity (Wildman–Crippen MR) is 134 cm³/mol. The smallest absolute Gasteiger partial charge is 0.335 e. The molecule has 1 aliphatic heterocycles. The minimum atomic E-state index is -0.900. The zero-order valence-corrected chi connectivity index (χ0v) is 20.4. The summed E-state index contributed by atoms with van der Waals surface area (Å²) >= 11 is 12.5. The molecule has 4 rings (SSSR count). The van der Waals surface area contributed by atoms with Crippen molar-refractivity contribution in [3.63, 3.8) is 0 Å². The number of nitrogens with one attached hydrogen (secondary N) is 1. The van der Waals surface area contributed by atoms with E-state index in [2.05, 4.69) is 5.32 Å². The van der Waals surface area contributed by atoms with Gasteiger partial charge in [-0.05, 0) is 55.5 Å². The summed E-state index contributed by atoms with van der Waals surface area (Å²) < 4.78 is 25.2. The van der Waals surface area contributed by atoms with E-state index in [9.17, 15) is 18.8 Å². The second-order valence-electron chi connectivity index (χ2n) is 7.57. The first-order valence-corrected chi connectivity index (χ1v) is 11.5. The Morgan fingerprint density at radius 3 is 2.42 bits per heavy atom. The number of benzene rings is 3. The Morgan fingerprint density at radius 2 is 1.72 bits per heavy atom. The van der Waals surface area contributed by atoms with Crippen LogP contribution < -0.4 is 19.7 Å². The molecule has 0 atom stereocenters. The Kier molecular flexibility index (Phi) is 7.57. The van der Waals surface area contributed by atoms with Gasteiger partial charge in [-0.1, -0.05) is 41.4 Å². The van der Waals surface area contributed by atoms with Crippen molar-refractivity contribution >= 4 is 52.8 Å². The number of ether oxygens (including phenoxy) is 2. The first-order valence-electron chi connectivity index (χ1n) is 10.8. The fraction of sp³-hybridized carbons (Fsp3) is 0.115. The van der Waals surface area contributed by atoms with E-state index in [0.717, 1.165) is 4.90 Å². The summed E-state index contributed by atoms with van der Waals surface area (Å²) in [6, 6.07) is 14.3. The van der Waals surface area contributed by atoms with Crippen LogP contribution in [0.5, 0.6) is 11.5 Å². The van der Waals surface area contributed by atoms with Gasteiger partial charge in [-0.2, -0.15) is 0 Å². The summed E-state index contributed by atoms with van der Waals surface area (Å²) in [6.07, 6.45) is 1.22. The maximum absolute atomic E-state index is 14.1. The van der Waals surface area contributed by atoms with E-state index in [1.54, 1.807) is 30.3 Å². The van der Waals surface area contributed by atoms with E-state index >= 15 is 0 Å². The molecule has 1 saturated heterocycles. The lowest BCUT2D eigenvalue weighted by Crippen LogP contribution is -2.54. The lowest BCUT2D eigenvalue weighted by Gasteiger charge is -2.26. The Labute approximate surface area is 216 Å². The Hall–Kier alpha value is -3.88. The normalized spacial score (nSPS) is 14.7. The maximum Gasteiger partial charge on any atom is 0.335 e. The number of nitrogens with zero attached hydrogens (tertiary/aromatic N) is 1. The van der Waals surface area contributed by atoms with Crippen molar-refractivity contribution in [1.82, 2.24) is 5.32 Å². The van der Waals surface area contributed by atoms with Crippen molar-refractivity contribution in [2.24, 2.45) is 0 Å². The highest BCUT2D eigenvalue weighted by atomic mass is 35.5. The predicted octanol–water partition coefficient (Wildman–Crippen LogP) is 5.78. The minimum Gasteiger partial charge on any atom is -0.494 e. The molecule has 3 aromatic carbocycles. The maximum atomic E-state index is 14.1. The molecule has 0 unspecified atom stereocenters. The van der Waals surface area contributed by atoms with Crippen LogP contribution in [0.25, 0.3) is 6.08 Å². The van der Waals surface area contributed by atoms with Crippen molar-refractivity contribution < 1.29 is 28.2 Å². The second kappa shape index (κ2) is 10.8. The summed E-state index contributed by atoms with van der Waals surface area (Å²) in [5.41, 5.74) is 0.362. The van der Waals surface area contributed by atoms with Crippen molar-refractivity contribution in [2.75, 3.05) is 11.5 Å². The Morgan fingerprint density at radius 1 is 1.00 bits per heavy atom. The fourth-order valence-corrected chi connectivity index (χ4v) is 4.07. The highest BCUT2D eigenvalue weighted by molar-refractivity contribution is 6.40. The summed E-state index contributed by atoms with van der Waals surface area (Å²) in [6.45, 7) is 2.11. The quantitative estimate of drug-likeness (QED) is 0.310. The topological polar surface area (TPSA) is 84.9 Å². The van der Waals surface area contributed by atoms with Crippen LogP contribution in [-0.2, 0) is 16.2 Å². The van der Waals surface area contributed by atoms with Crippen LogP contribution in [0, 0.1) is 5.82 Å². The van der Waals surface area contributed by atoms with Gasteiger partial charge in [0.15, 0.2) is 0 Å². The number of rotatable bonds is 7. The summed E-state index contributed by atoms with van der Waals surface area (Å²) in [5, 5.41) is 2.46. The standard InChI is InChI=1S/C26H19Cl2FN2O5/c1-2-35-19-9-7-18(8-10-19)31-25(33)20(24(32)30-26(31)34)12-16-11-17(27)13-21(28)23(16)36-14-15-5-3-4-6-22(15)29/h3-13H,2,14H2,1H3,(H,30,32,34)/b20-12+. The van der Waals surface area contributed by atoms with Gasteiger partial charge in [0.1, 0.15) is 29.5 Å². The molecule has 1 aliphatic rings. The number of urea groups is 1. The van der Waals surface area contributed by atoms with Gasteiger partial charge < -0.3 is 9.47 Å². The molecule has 1 fully saturated rings. The summed E-state index contributed by atoms with van der Waals surface area (Å²) in [4.78, 5) is 39.2. The van der Waals surface area contributed by atoms with E-state index in [-0.39, 0.29) is 44.8 Å². The van der Waals surface area contributed by atoms with Gasteiger partial charge in [-0.15, -0.1) is 0 Å². The third-order valence-corrected chi connectivity index (χ3v) is 5.67. The van der Waals surface area contributed by atoms with E-state index in [0.29, 0.717) is 12.4 Å². The number of anilines is 1. The van der Waals surface area contributed by atoms with Crippen LogP contribution in [0.3, 0.4) is 0 Å². The lowest BCUT2D eigenvalue weighted by atomic mass is 10.1. The number of imide groups is 2. The SMILES string of the molecule is CCOc1ccc(N2C(=O)NC(=O)/C(=C\c3cc(Cl)cc(Cl)c3OCc3ccccc3F)C2=O)cc1. The number of carbonyl (C=O) groups excluding carboxylic acids is 3. The molecule has 0 aliphatic carbocycles. The monoisotopic (exact) mass is 528 g/mol. The van der Waals surface area contributed by atoms with Crippen LogP contribution in [0.15, 0.2) is 66.2 Å². The first kappa shape index (κ1) is 25.2. The third kappa shape index (κ3) is 5.35. The molecule has 184 valence electrons. The molecule has 3 aromatic rings. The zero-order valence-electron chi connectivity index (χ0n) is 18.9. The average molecular weight is 529 g/mol. The van der Waals surface area contributed by atoms with Crippen LogP contribution in [0.1, 0.15) is 18.1 Å². The van der Waals surface area contributed by atoms with Crippen molar-refractivity contribution in [2.45, 2.75) is 13.5 Å². The van der Waals surface area contributed by atoms with Gasteiger partial charge in [0, 0.05) is 16.1 Å². The molecule has 36 heavy (non-hydrogen) atoms. The van der Waals surface area contributed by atoms with E-state index in [1.165, 1.54) is 36.4 Å². The molecule has 0 spiro atoms. The third-order valence-electron chi connectivity index (χ3n) is 5.17. The van der Waals surface area contributed by atoms with E-state index in [1.807, 2.05) is 6.92 Å². The highest BCUT2D eigenvalue weighted by Crippen LogP contribution is 2.35. The lowest BCUT2D eigenvalue weighted by molar-refractivity contribution is -0.122. The number of hydrogen-bond donors (Lipinski definition) is 1. The van der Waals surface area contributed by atoms with Gasteiger partial charge in [-0.3, -0.25) is 14.9 Å². The van der Waals surface area contributed by atoms with Gasteiger partial charge in [0.2, 0.25) is 0 Å². The number of carbonyl (C=O) groups is 3. The second-order valence-corrected chi connectivity index (χ2v) is 8.41. The van der Waals surface area contributed by atoms with E-state index < -0.39 is 23.7 Å². The Balaban J connectivity index is 1.69. The van der Waals surface area contributed by atoms with Crippen LogP contribution in [0.4, 0.5) is 14.9 Å². The zero-order chi connectivity index (χ0) is 25.8. The number of hydrogen-bond acceptors (Lipinski definition) is 5. The van der Waals surface area contributed by atoms with Crippen LogP contribution >= 0.6 is 23.2 Å². The number of amides is 4. The average Bonchev–Trinajstić information content (AvgIpc) is 2.83. The molecular weight excluding hydrogens is 510 g/mol. The molecular formula is C26H19Cl2FN2O5. The highest BCUT2D eigenvalue weighted by Gasteiger charge is 2.37. The number of halogens is 3. The van der Waals surface area contributed by atoms with E-state index in [4.69, 9.17) is 32.7 Å².